The van der Waals surface area contributed by atoms with Crippen molar-refractivity contribution in [1.29, 1.82) is 0 Å². The average Bonchev–Trinajstić information content (AvgIpc) is 3.53. The van der Waals surface area contributed by atoms with E-state index in [1.165, 1.54) is 0 Å². The molecule has 5 rings (SSSR count). The van der Waals surface area contributed by atoms with Crippen molar-refractivity contribution in [3.05, 3.63) is 71.4 Å². The van der Waals surface area contributed by atoms with Gasteiger partial charge >= 0.3 is 0 Å². The van der Waals surface area contributed by atoms with Gasteiger partial charge in [0.1, 0.15) is 12.2 Å². The van der Waals surface area contributed by atoms with Crippen molar-refractivity contribution in [1.82, 2.24) is 20.0 Å². The van der Waals surface area contributed by atoms with E-state index < -0.39 is 0 Å². The first kappa shape index (κ1) is 19.2. The summed E-state index contributed by atoms with van der Waals surface area (Å²) < 4.78 is 17.8. The Morgan fingerprint density at radius 3 is 2.81 bits per heavy atom. The molecule has 9 heteroatoms. The van der Waals surface area contributed by atoms with Gasteiger partial charge in [-0.25, -0.2) is 0 Å². The van der Waals surface area contributed by atoms with Crippen LogP contribution in [0.2, 0.25) is 5.02 Å². The largest absolute Gasteiger partial charge is 0.454 e. The van der Waals surface area contributed by atoms with Crippen LogP contribution >= 0.6 is 11.6 Å². The van der Waals surface area contributed by atoms with E-state index in [1.54, 1.807) is 22.9 Å². The molecule has 156 valence electrons. The van der Waals surface area contributed by atoms with Gasteiger partial charge < -0.3 is 23.9 Å². The monoisotopic (exact) mass is 436 g/mol. The number of nitrogens with one attached hydrogen (secondary N) is 1. The van der Waals surface area contributed by atoms with Gasteiger partial charge in [-0.2, -0.15) is 4.98 Å². The molecule has 0 radical (unpaired) electrons. The van der Waals surface area contributed by atoms with Crippen LogP contribution in [-0.4, -0.2) is 27.4 Å². The highest BCUT2D eigenvalue weighted by atomic mass is 35.5. The number of carbonyl (C=O) groups excluding carboxylic acids is 1. The fourth-order valence-corrected chi connectivity index (χ4v) is 3.38. The second kappa shape index (κ2) is 8.16. The summed E-state index contributed by atoms with van der Waals surface area (Å²) in [5.41, 5.74) is 2.37. The molecule has 2 aromatic heterocycles. The van der Waals surface area contributed by atoms with Crippen molar-refractivity contribution >= 4 is 17.5 Å². The zero-order valence-corrected chi connectivity index (χ0v) is 17.0. The summed E-state index contributed by atoms with van der Waals surface area (Å²) in [6.07, 6.45) is 1.79. The second-order valence-corrected chi connectivity index (χ2v) is 7.35. The molecule has 0 bridgehead atoms. The Balaban J connectivity index is 1.25. The van der Waals surface area contributed by atoms with Crippen molar-refractivity contribution in [3.63, 3.8) is 0 Å². The number of benzene rings is 2. The van der Waals surface area contributed by atoms with E-state index in [0.29, 0.717) is 40.5 Å². The summed E-state index contributed by atoms with van der Waals surface area (Å²) in [5, 5.41) is 7.57. The van der Waals surface area contributed by atoms with Gasteiger partial charge in [-0.3, -0.25) is 4.79 Å². The number of carbonyl (C=O) groups is 1. The number of rotatable bonds is 6. The van der Waals surface area contributed by atoms with E-state index in [4.69, 9.17) is 25.6 Å². The third-order valence-electron chi connectivity index (χ3n) is 4.82. The van der Waals surface area contributed by atoms with Crippen LogP contribution in [0.3, 0.4) is 0 Å². The first-order chi connectivity index (χ1) is 15.2. The summed E-state index contributed by atoms with van der Waals surface area (Å²) in [5.74, 6) is 2.04. The van der Waals surface area contributed by atoms with Crippen molar-refractivity contribution in [2.24, 2.45) is 0 Å². The normalized spacial score (nSPS) is 12.2. The molecule has 0 fully saturated rings. The Kier molecular flexibility index (Phi) is 5.05. The lowest BCUT2D eigenvalue weighted by Gasteiger charge is -2.08. The fraction of sp³-hybridized carbons (Fsp3) is 0.136. The van der Waals surface area contributed by atoms with Crippen LogP contribution in [0, 0.1) is 0 Å². The van der Waals surface area contributed by atoms with Crippen LogP contribution in [0.25, 0.3) is 23.0 Å². The molecule has 4 aromatic rings. The lowest BCUT2D eigenvalue weighted by Crippen LogP contribution is -2.27. The Labute approximate surface area is 182 Å². The van der Waals surface area contributed by atoms with Crippen LogP contribution < -0.4 is 14.8 Å². The number of ether oxygens (including phenoxy) is 2. The van der Waals surface area contributed by atoms with Gasteiger partial charge in [0.25, 0.3) is 5.89 Å². The minimum absolute atomic E-state index is 0.117. The number of amides is 1. The third-order valence-corrected chi connectivity index (χ3v) is 5.07. The smallest absolute Gasteiger partial charge is 0.274 e. The maximum absolute atomic E-state index is 12.5. The van der Waals surface area contributed by atoms with Gasteiger partial charge in [-0.15, -0.1) is 0 Å². The SMILES string of the molecule is O=C(Cn1cccc1-c1nc(-c2ccc(Cl)cc2)no1)NCc1ccc2c(c1)OCO2. The van der Waals surface area contributed by atoms with Crippen LogP contribution in [0.4, 0.5) is 0 Å². The number of hydrogen-bond donors (Lipinski definition) is 1. The van der Waals surface area contributed by atoms with Gasteiger partial charge in [-0.05, 0) is 54.1 Å². The lowest BCUT2D eigenvalue weighted by atomic mass is 10.2. The molecule has 0 atom stereocenters. The molecule has 0 saturated heterocycles. The van der Waals surface area contributed by atoms with E-state index >= 15 is 0 Å². The number of aromatic nitrogens is 3. The summed E-state index contributed by atoms with van der Waals surface area (Å²) >= 11 is 5.93. The van der Waals surface area contributed by atoms with E-state index in [0.717, 1.165) is 11.1 Å². The first-order valence-electron chi connectivity index (χ1n) is 9.56. The molecule has 31 heavy (non-hydrogen) atoms. The topological polar surface area (TPSA) is 91.4 Å². The number of hydrogen-bond acceptors (Lipinski definition) is 6. The number of fused-ring (bicyclic) bond motifs is 1. The van der Waals surface area contributed by atoms with E-state index in [9.17, 15) is 4.79 Å². The highest BCUT2D eigenvalue weighted by Crippen LogP contribution is 2.32. The molecule has 1 aliphatic rings. The predicted octanol–water partition coefficient (Wildman–Crippen LogP) is 3.90. The molecule has 0 aliphatic carbocycles. The predicted molar refractivity (Wildman–Crippen MR) is 113 cm³/mol. The molecule has 2 aromatic carbocycles. The lowest BCUT2D eigenvalue weighted by molar-refractivity contribution is -0.121. The van der Waals surface area contributed by atoms with Crippen LogP contribution in [-0.2, 0) is 17.9 Å². The van der Waals surface area contributed by atoms with E-state index in [2.05, 4.69) is 15.5 Å². The summed E-state index contributed by atoms with van der Waals surface area (Å²) in [6, 6.07) is 16.4. The van der Waals surface area contributed by atoms with E-state index in [-0.39, 0.29) is 19.2 Å². The highest BCUT2D eigenvalue weighted by Gasteiger charge is 2.16. The Hall–Kier alpha value is -3.78. The van der Waals surface area contributed by atoms with Crippen molar-refractivity contribution in [2.45, 2.75) is 13.1 Å². The number of nitrogens with zero attached hydrogens (tertiary/aromatic N) is 3. The standard InChI is InChI=1S/C22H17ClN4O4/c23-16-6-4-15(5-7-16)21-25-22(31-26-21)17-2-1-9-27(17)12-20(28)24-11-14-3-8-18-19(10-14)30-13-29-18/h1-10H,11-13H2,(H,24,28). The Morgan fingerprint density at radius 1 is 1.10 bits per heavy atom. The zero-order valence-electron chi connectivity index (χ0n) is 16.2. The molecular weight excluding hydrogens is 420 g/mol. The van der Waals surface area contributed by atoms with Gasteiger partial charge in [0.15, 0.2) is 11.5 Å². The van der Waals surface area contributed by atoms with Gasteiger partial charge in [0.2, 0.25) is 18.5 Å². The fourth-order valence-electron chi connectivity index (χ4n) is 3.25. The second-order valence-electron chi connectivity index (χ2n) is 6.92. The molecule has 0 spiro atoms. The third kappa shape index (κ3) is 4.10. The molecule has 8 nitrogen and oxygen atoms in total. The van der Waals surface area contributed by atoms with Crippen molar-refractivity contribution in [2.75, 3.05) is 6.79 Å². The molecule has 1 aliphatic heterocycles. The van der Waals surface area contributed by atoms with Crippen molar-refractivity contribution < 1.29 is 18.8 Å². The quantitative estimate of drug-likeness (QED) is 0.493. The van der Waals surface area contributed by atoms with Gasteiger partial charge in [-0.1, -0.05) is 22.8 Å². The Morgan fingerprint density at radius 2 is 1.94 bits per heavy atom. The van der Waals surface area contributed by atoms with Crippen molar-refractivity contribution in [3.8, 4) is 34.5 Å². The molecule has 1 N–H and O–H groups in total. The molecule has 0 unspecified atom stereocenters. The zero-order chi connectivity index (χ0) is 21.2. The minimum Gasteiger partial charge on any atom is -0.454 e. The van der Waals surface area contributed by atoms with Crippen LogP contribution in [0.15, 0.2) is 65.3 Å². The Bertz CT molecular complexity index is 1230. The minimum atomic E-state index is -0.146. The first-order valence-corrected chi connectivity index (χ1v) is 9.94. The maximum atomic E-state index is 12.5. The number of halogens is 1. The van der Waals surface area contributed by atoms with Crippen LogP contribution in [0.1, 0.15) is 5.56 Å². The highest BCUT2D eigenvalue weighted by molar-refractivity contribution is 6.30. The molecule has 3 heterocycles. The molecule has 1 amide bonds. The maximum Gasteiger partial charge on any atom is 0.274 e. The van der Waals surface area contributed by atoms with E-state index in [1.807, 2.05) is 42.5 Å². The average molecular weight is 437 g/mol. The molecule has 0 saturated carbocycles. The summed E-state index contributed by atoms with van der Waals surface area (Å²) in [4.78, 5) is 16.9. The van der Waals surface area contributed by atoms with Gasteiger partial charge in [0.05, 0.1) is 0 Å². The summed E-state index contributed by atoms with van der Waals surface area (Å²) in [6.45, 7) is 0.718. The summed E-state index contributed by atoms with van der Waals surface area (Å²) in [7, 11) is 0. The molecular formula is C22H17ClN4O4. The van der Waals surface area contributed by atoms with Crippen LogP contribution in [0.5, 0.6) is 11.5 Å². The van der Waals surface area contributed by atoms with Gasteiger partial charge in [0, 0.05) is 23.3 Å².